The van der Waals surface area contributed by atoms with Gasteiger partial charge >= 0.3 is 11.9 Å². The minimum Gasteiger partial charge on any atom is -0.508 e. The monoisotopic (exact) mass is 278 g/mol. The molecule has 106 valence electrons. The van der Waals surface area contributed by atoms with Crippen LogP contribution >= 0.6 is 0 Å². The van der Waals surface area contributed by atoms with Crippen molar-refractivity contribution in [3.05, 3.63) is 36.4 Å². The van der Waals surface area contributed by atoms with Crippen molar-refractivity contribution in [2.24, 2.45) is 0 Å². The van der Waals surface area contributed by atoms with Crippen molar-refractivity contribution < 1.29 is 28.9 Å². The Labute approximate surface area is 115 Å². The predicted molar refractivity (Wildman–Crippen MR) is 68.3 cm³/mol. The lowest BCUT2D eigenvalue weighted by molar-refractivity contribution is -0.129. The van der Waals surface area contributed by atoms with Crippen molar-refractivity contribution in [2.45, 2.75) is 19.1 Å². The number of phenols is 1. The zero-order valence-corrected chi connectivity index (χ0v) is 10.7. The predicted octanol–water partition coefficient (Wildman–Crippen LogP) is 1.78. The fourth-order valence-corrected chi connectivity index (χ4v) is 1.75. The number of hydrogen-bond acceptors (Lipinski definition) is 6. The van der Waals surface area contributed by atoms with Crippen LogP contribution in [-0.2, 0) is 14.3 Å². The van der Waals surface area contributed by atoms with Crippen molar-refractivity contribution in [1.82, 2.24) is 0 Å². The largest absolute Gasteiger partial charge is 0.508 e. The summed E-state index contributed by atoms with van der Waals surface area (Å²) in [5, 5.41) is 9.53. The van der Waals surface area contributed by atoms with Gasteiger partial charge in [0.2, 0.25) is 6.29 Å². The maximum absolute atomic E-state index is 11.9. The van der Waals surface area contributed by atoms with Crippen LogP contribution in [0.25, 0.3) is 0 Å². The normalized spacial score (nSPS) is 17.5. The van der Waals surface area contributed by atoms with Crippen molar-refractivity contribution in [1.29, 1.82) is 0 Å². The molecule has 6 nitrogen and oxygen atoms in total. The van der Waals surface area contributed by atoms with Gasteiger partial charge in [0.05, 0.1) is 12.2 Å². The molecule has 0 amide bonds. The first kappa shape index (κ1) is 14.1. The number of ether oxygens (including phenoxy) is 3. The lowest BCUT2D eigenvalue weighted by Gasteiger charge is -2.11. The molecule has 2 rings (SSSR count). The quantitative estimate of drug-likeness (QED) is 0.513. The first-order chi connectivity index (χ1) is 9.58. The number of carbonyl (C=O) groups excluding carboxylic acids is 2. The lowest BCUT2D eigenvalue weighted by atomic mass is 10.2. The smallest absolute Gasteiger partial charge is 0.340 e. The topological polar surface area (TPSA) is 82.1 Å². The summed E-state index contributed by atoms with van der Waals surface area (Å²) < 4.78 is 15.1. The van der Waals surface area contributed by atoms with E-state index < -0.39 is 18.2 Å². The van der Waals surface area contributed by atoms with E-state index in [2.05, 4.69) is 6.58 Å². The van der Waals surface area contributed by atoms with Gasteiger partial charge in [0.25, 0.3) is 0 Å². The molecule has 1 atom stereocenters. The van der Waals surface area contributed by atoms with Gasteiger partial charge in [0.15, 0.2) is 0 Å². The van der Waals surface area contributed by atoms with Crippen molar-refractivity contribution in [2.75, 3.05) is 6.61 Å². The summed E-state index contributed by atoms with van der Waals surface area (Å²) in [6, 6.07) is 3.74. The van der Waals surface area contributed by atoms with E-state index in [1.165, 1.54) is 18.2 Å². The second-order valence-corrected chi connectivity index (χ2v) is 4.19. The van der Waals surface area contributed by atoms with Gasteiger partial charge in [-0.05, 0) is 18.6 Å². The van der Waals surface area contributed by atoms with E-state index in [-0.39, 0.29) is 17.1 Å². The Morgan fingerprint density at radius 3 is 2.85 bits per heavy atom. The lowest BCUT2D eigenvalue weighted by Crippen LogP contribution is -2.17. The number of aromatic hydroxyl groups is 1. The molecule has 1 fully saturated rings. The molecule has 0 saturated carbocycles. The summed E-state index contributed by atoms with van der Waals surface area (Å²) in [7, 11) is 0. The van der Waals surface area contributed by atoms with Crippen LogP contribution in [0.2, 0.25) is 0 Å². The SMILES string of the molecule is C=CC(=O)Oc1cc(O)cc(C(=O)OC2CCCO2)c1. The number of hydrogen-bond donors (Lipinski definition) is 1. The average Bonchev–Trinajstić information content (AvgIpc) is 2.90. The second-order valence-electron chi connectivity index (χ2n) is 4.19. The van der Waals surface area contributed by atoms with Crippen molar-refractivity contribution >= 4 is 11.9 Å². The molecule has 0 spiro atoms. The fourth-order valence-electron chi connectivity index (χ4n) is 1.75. The fraction of sp³-hybridized carbons (Fsp3) is 0.286. The summed E-state index contributed by atoms with van der Waals surface area (Å²) in [6.07, 6.45) is 1.89. The van der Waals surface area contributed by atoms with E-state index in [9.17, 15) is 14.7 Å². The summed E-state index contributed by atoms with van der Waals surface area (Å²) in [5.74, 6) is -1.51. The van der Waals surface area contributed by atoms with Crippen LogP contribution in [0.4, 0.5) is 0 Å². The molecule has 1 aliphatic heterocycles. The second kappa shape index (κ2) is 6.21. The van der Waals surface area contributed by atoms with Crippen molar-refractivity contribution in [3.63, 3.8) is 0 Å². The maximum Gasteiger partial charge on any atom is 0.340 e. The van der Waals surface area contributed by atoms with Gasteiger partial charge < -0.3 is 19.3 Å². The molecule has 1 aliphatic rings. The number of esters is 2. The third-order valence-corrected chi connectivity index (χ3v) is 2.64. The van der Waals surface area contributed by atoms with Crippen molar-refractivity contribution in [3.8, 4) is 11.5 Å². The van der Waals surface area contributed by atoms with Crippen LogP contribution in [-0.4, -0.2) is 29.9 Å². The number of phenolic OH excluding ortho intramolecular Hbond substituents is 1. The Bertz CT molecular complexity index is 530. The van der Waals surface area contributed by atoms with Crippen LogP contribution in [0.15, 0.2) is 30.9 Å². The highest BCUT2D eigenvalue weighted by Crippen LogP contribution is 2.24. The molecule has 0 aromatic heterocycles. The molecule has 0 aliphatic carbocycles. The van der Waals surface area contributed by atoms with E-state index in [0.29, 0.717) is 13.0 Å². The van der Waals surface area contributed by atoms with Crippen LogP contribution in [0, 0.1) is 0 Å². The molecule has 1 heterocycles. The highest BCUT2D eigenvalue weighted by Gasteiger charge is 2.21. The molecule has 1 N–H and O–H groups in total. The Hall–Kier alpha value is -2.34. The third kappa shape index (κ3) is 3.58. The first-order valence-electron chi connectivity index (χ1n) is 6.09. The van der Waals surface area contributed by atoms with E-state index in [1.807, 2.05) is 0 Å². The first-order valence-corrected chi connectivity index (χ1v) is 6.09. The van der Waals surface area contributed by atoms with Crippen LogP contribution in [0.1, 0.15) is 23.2 Å². The number of benzene rings is 1. The molecule has 0 radical (unpaired) electrons. The highest BCUT2D eigenvalue weighted by molar-refractivity contribution is 5.91. The molecule has 6 heteroatoms. The van der Waals surface area contributed by atoms with E-state index in [4.69, 9.17) is 14.2 Å². The summed E-state index contributed by atoms with van der Waals surface area (Å²) in [5.41, 5.74) is 0.0763. The molecule has 0 bridgehead atoms. The van der Waals surface area contributed by atoms with Gasteiger partial charge in [0.1, 0.15) is 11.5 Å². The Kier molecular flexibility index (Phi) is 4.37. The molecule has 1 unspecified atom stereocenters. The minimum absolute atomic E-state index is 0.0363. The zero-order chi connectivity index (χ0) is 14.5. The van der Waals surface area contributed by atoms with E-state index in [0.717, 1.165) is 12.5 Å². The molecule has 20 heavy (non-hydrogen) atoms. The van der Waals surface area contributed by atoms with Gasteiger partial charge in [-0.25, -0.2) is 9.59 Å². The van der Waals surface area contributed by atoms with Crippen LogP contribution in [0.5, 0.6) is 11.5 Å². The summed E-state index contributed by atoms with van der Waals surface area (Å²) in [4.78, 5) is 23.0. The molecular weight excluding hydrogens is 264 g/mol. The van der Waals surface area contributed by atoms with Gasteiger partial charge in [-0.15, -0.1) is 0 Å². The third-order valence-electron chi connectivity index (χ3n) is 2.64. The summed E-state index contributed by atoms with van der Waals surface area (Å²) >= 11 is 0. The molecular formula is C14H14O6. The van der Waals surface area contributed by atoms with Gasteiger partial charge in [-0.1, -0.05) is 6.58 Å². The van der Waals surface area contributed by atoms with Crippen LogP contribution in [0.3, 0.4) is 0 Å². The van der Waals surface area contributed by atoms with Gasteiger partial charge in [-0.2, -0.15) is 0 Å². The molecule has 1 aromatic rings. The number of rotatable bonds is 4. The zero-order valence-electron chi connectivity index (χ0n) is 10.7. The Morgan fingerprint density at radius 1 is 1.40 bits per heavy atom. The minimum atomic E-state index is -0.686. The van der Waals surface area contributed by atoms with Gasteiger partial charge in [0, 0.05) is 18.6 Å². The maximum atomic E-state index is 11.9. The molecule has 1 saturated heterocycles. The van der Waals surface area contributed by atoms with Crippen LogP contribution < -0.4 is 4.74 Å². The Balaban J connectivity index is 2.11. The van der Waals surface area contributed by atoms with E-state index in [1.54, 1.807) is 0 Å². The highest BCUT2D eigenvalue weighted by atomic mass is 16.7. The Morgan fingerprint density at radius 2 is 2.20 bits per heavy atom. The standard InChI is InChI=1S/C14H14O6/c1-2-12(16)19-11-7-9(6-10(15)8-11)14(17)20-13-4-3-5-18-13/h2,6-8,13,15H,1,3-5H2. The molecule has 1 aromatic carbocycles. The van der Waals surface area contributed by atoms with E-state index >= 15 is 0 Å². The average molecular weight is 278 g/mol. The number of carbonyl (C=O) groups is 2. The van der Waals surface area contributed by atoms with Gasteiger partial charge in [-0.3, -0.25) is 0 Å². The summed E-state index contributed by atoms with van der Waals surface area (Å²) in [6.45, 7) is 3.82.